The van der Waals surface area contributed by atoms with Gasteiger partial charge in [0, 0.05) is 25.5 Å². The molecule has 7 nitrogen and oxygen atoms in total. The smallest absolute Gasteiger partial charge is 0.234 e. The zero-order valence-electron chi connectivity index (χ0n) is 11.3. The van der Waals surface area contributed by atoms with Crippen LogP contribution in [0, 0.1) is 0 Å². The average molecular weight is 292 g/mol. The first-order valence-electron chi connectivity index (χ1n) is 5.92. The predicted molar refractivity (Wildman–Crippen MR) is 80.9 cm³/mol. The molecule has 0 bridgehead atoms. The maximum Gasteiger partial charge on any atom is 0.234 e. The molecule has 1 heterocycles. The van der Waals surface area contributed by atoms with Crippen molar-refractivity contribution in [1.29, 1.82) is 0 Å². The number of anilines is 3. The molecule has 0 saturated heterocycles. The molecule has 106 valence electrons. The summed E-state index contributed by atoms with van der Waals surface area (Å²) in [6.45, 7) is 0. The number of carbonyl (C=O) groups excluding carboxylic acids is 1. The van der Waals surface area contributed by atoms with Crippen molar-refractivity contribution in [2.75, 3.05) is 35.8 Å². The van der Waals surface area contributed by atoms with Crippen molar-refractivity contribution in [2.24, 2.45) is 0 Å². The number of nitrogens with two attached hydrogens (primary N) is 1. The van der Waals surface area contributed by atoms with E-state index in [-0.39, 0.29) is 17.6 Å². The molecular weight excluding hydrogens is 276 g/mol. The van der Waals surface area contributed by atoms with Gasteiger partial charge in [-0.3, -0.25) is 4.79 Å². The maximum atomic E-state index is 11.8. The van der Waals surface area contributed by atoms with E-state index in [9.17, 15) is 4.79 Å². The highest BCUT2D eigenvalue weighted by Gasteiger charge is 2.07. The van der Waals surface area contributed by atoms with Gasteiger partial charge in [0.25, 0.3) is 0 Å². The molecule has 1 aromatic carbocycles. The molecule has 0 fully saturated rings. The van der Waals surface area contributed by atoms with Gasteiger partial charge in [0.15, 0.2) is 0 Å². The minimum absolute atomic E-state index is 0.115. The second kappa shape index (κ2) is 6.29. The highest BCUT2D eigenvalue weighted by molar-refractivity contribution is 7.99. The predicted octanol–water partition coefficient (Wildman–Crippen LogP) is 1.18. The van der Waals surface area contributed by atoms with Gasteiger partial charge in [-0.05, 0) is 24.3 Å². The molecule has 0 unspecified atom stereocenters. The molecule has 20 heavy (non-hydrogen) atoms. The van der Waals surface area contributed by atoms with E-state index in [1.165, 1.54) is 11.8 Å². The summed E-state index contributed by atoms with van der Waals surface area (Å²) in [5.74, 6) is 0.357. The Morgan fingerprint density at radius 3 is 2.65 bits per heavy atom. The zero-order valence-corrected chi connectivity index (χ0v) is 12.1. The van der Waals surface area contributed by atoms with E-state index in [1.807, 2.05) is 43.3 Å². The Morgan fingerprint density at radius 1 is 1.40 bits per heavy atom. The highest BCUT2D eigenvalue weighted by Crippen LogP contribution is 2.17. The van der Waals surface area contributed by atoms with Gasteiger partial charge in [-0.15, -0.1) is 5.10 Å². The summed E-state index contributed by atoms with van der Waals surface area (Å²) in [7, 11) is 3.93. The minimum atomic E-state index is -0.115. The first kappa shape index (κ1) is 14.2. The lowest BCUT2D eigenvalue weighted by atomic mass is 10.2. The van der Waals surface area contributed by atoms with Crippen molar-refractivity contribution in [1.82, 2.24) is 15.2 Å². The molecule has 0 aliphatic heterocycles. The van der Waals surface area contributed by atoms with Gasteiger partial charge in [0.1, 0.15) is 0 Å². The molecule has 2 rings (SSSR count). The van der Waals surface area contributed by atoms with Crippen molar-refractivity contribution in [3.63, 3.8) is 0 Å². The Bertz CT molecular complexity index is 580. The largest absolute Gasteiger partial charge is 0.378 e. The average Bonchev–Trinajstić information content (AvgIpc) is 2.83. The Morgan fingerprint density at radius 2 is 2.10 bits per heavy atom. The van der Waals surface area contributed by atoms with Crippen LogP contribution in [0.15, 0.2) is 29.4 Å². The van der Waals surface area contributed by atoms with E-state index in [4.69, 9.17) is 5.73 Å². The number of carbonyl (C=O) groups is 1. The van der Waals surface area contributed by atoms with E-state index in [2.05, 4.69) is 20.5 Å². The van der Waals surface area contributed by atoms with Crippen LogP contribution >= 0.6 is 11.8 Å². The summed E-state index contributed by atoms with van der Waals surface area (Å²) < 4.78 is 0. The molecule has 0 spiro atoms. The van der Waals surface area contributed by atoms with Gasteiger partial charge in [0.05, 0.1) is 5.75 Å². The molecular formula is C12H16N6OS. The summed E-state index contributed by atoms with van der Waals surface area (Å²) in [5, 5.41) is 9.63. The second-order valence-corrected chi connectivity index (χ2v) is 5.22. The number of nitrogens with zero attached hydrogens (tertiary/aromatic N) is 3. The first-order chi connectivity index (χ1) is 9.54. The molecule has 1 aromatic heterocycles. The first-order valence-corrected chi connectivity index (χ1v) is 6.91. The van der Waals surface area contributed by atoms with Crippen molar-refractivity contribution >= 4 is 35.0 Å². The molecule has 1 amide bonds. The Labute approximate surface area is 120 Å². The number of rotatable bonds is 5. The number of amides is 1. The number of H-pyrrole nitrogens is 1. The number of aromatic amines is 1. The van der Waals surface area contributed by atoms with Crippen LogP contribution < -0.4 is 16.0 Å². The molecule has 0 saturated carbocycles. The van der Waals surface area contributed by atoms with Gasteiger partial charge < -0.3 is 16.0 Å². The van der Waals surface area contributed by atoms with Crippen molar-refractivity contribution in [3.8, 4) is 0 Å². The third-order valence-corrected chi connectivity index (χ3v) is 3.33. The quantitative estimate of drug-likeness (QED) is 0.716. The summed E-state index contributed by atoms with van der Waals surface area (Å²) in [4.78, 5) is 17.7. The third-order valence-electron chi connectivity index (χ3n) is 2.48. The minimum Gasteiger partial charge on any atom is -0.378 e. The van der Waals surface area contributed by atoms with Gasteiger partial charge >= 0.3 is 0 Å². The Kier molecular flexibility index (Phi) is 4.46. The fourth-order valence-electron chi connectivity index (χ4n) is 1.49. The Balaban J connectivity index is 1.84. The maximum absolute atomic E-state index is 11.8. The van der Waals surface area contributed by atoms with Crippen LogP contribution in [-0.4, -0.2) is 40.9 Å². The molecule has 0 radical (unpaired) electrons. The molecule has 0 aliphatic carbocycles. The van der Waals surface area contributed by atoms with Crippen LogP contribution in [0.3, 0.4) is 0 Å². The van der Waals surface area contributed by atoms with E-state index in [1.54, 1.807) is 0 Å². The highest BCUT2D eigenvalue weighted by atomic mass is 32.2. The van der Waals surface area contributed by atoms with Gasteiger partial charge in [-0.25, -0.2) is 5.10 Å². The Hall–Kier alpha value is -2.22. The molecule has 0 aliphatic rings. The number of hydrogen-bond donors (Lipinski definition) is 3. The number of nitrogen functional groups attached to an aromatic ring is 1. The summed E-state index contributed by atoms with van der Waals surface area (Å²) in [6, 6.07) is 7.61. The van der Waals surface area contributed by atoms with Crippen LogP contribution in [0.25, 0.3) is 0 Å². The lowest BCUT2D eigenvalue weighted by Gasteiger charge is -2.12. The number of nitrogens with one attached hydrogen (secondary N) is 2. The number of thioether (sulfide) groups is 1. The van der Waals surface area contributed by atoms with Crippen LogP contribution in [0.2, 0.25) is 0 Å². The van der Waals surface area contributed by atoms with E-state index in [0.717, 1.165) is 11.4 Å². The van der Waals surface area contributed by atoms with Crippen LogP contribution in [0.1, 0.15) is 0 Å². The van der Waals surface area contributed by atoms with Crippen molar-refractivity contribution < 1.29 is 4.79 Å². The SMILES string of the molecule is CN(C)c1ccc(NC(=O)CSc2n[nH]c(N)n2)cc1. The lowest BCUT2D eigenvalue weighted by Crippen LogP contribution is -2.14. The van der Waals surface area contributed by atoms with Crippen molar-refractivity contribution in [2.45, 2.75) is 5.16 Å². The van der Waals surface area contributed by atoms with E-state index in [0.29, 0.717) is 5.16 Å². The molecule has 2 aromatic rings. The molecule has 4 N–H and O–H groups in total. The summed E-state index contributed by atoms with van der Waals surface area (Å²) >= 11 is 1.22. The van der Waals surface area contributed by atoms with Crippen LogP contribution in [-0.2, 0) is 4.79 Å². The summed E-state index contributed by atoms with van der Waals surface area (Å²) in [5.41, 5.74) is 7.24. The molecule has 8 heteroatoms. The van der Waals surface area contributed by atoms with E-state index >= 15 is 0 Å². The lowest BCUT2D eigenvalue weighted by molar-refractivity contribution is -0.113. The number of hydrogen-bond acceptors (Lipinski definition) is 6. The fourth-order valence-corrected chi connectivity index (χ4v) is 2.10. The second-order valence-electron chi connectivity index (χ2n) is 4.28. The summed E-state index contributed by atoms with van der Waals surface area (Å²) in [6.07, 6.45) is 0. The topological polar surface area (TPSA) is 99.9 Å². The van der Waals surface area contributed by atoms with Gasteiger partial charge in [-0.1, -0.05) is 11.8 Å². The van der Waals surface area contributed by atoms with Gasteiger partial charge in [-0.2, -0.15) is 4.98 Å². The van der Waals surface area contributed by atoms with Crippen molar-refractivity contribution in [3.05, 3.63) is 24.3 Å². The number of aromatic nitrogens is 3. The standard InChI is InChI=1S/C12H16N6OS/c1-18(2)9-5-3-8(4-6-9)14-10(19)7-20-12-15-11(13)16-17-12/h3-6H,7H2,1-2H3,(H,14,19)(H3,13,15,16,17). The van der Waals surface area contributed by atoms with E-state index < -0.39 is 0 Å². The normalized spacial score (nSPS) is 10.3. The monoisotopic (exact) mass is 292 g/mol. The van der Waals surface area contributed by atoms with Gasteiger partial charge in [0.2, 0.25) is 17.0 Å². The van der Waals surface area contributed by atoms with Crippen LogP contribution in [0.5, 0.6) is 0 Å². The number of benzene rings is 1. The zero-order chi connectivity index (χ0) is 14.5. The fraction of sp³-hybridized carbons (Fsp3) is 0.250. The third kappa shape index (κ3) is 3.89. The molecule has 0 atom stereocenters. The van der Waals surface area contributed by atoms with Crippen LogP contribution in [0.4, 0.5) is 17.3 Å².